The van der Waals surface area contributed by atoms with Gasteiger partial charge in [0.05, 0.1) is 5.69 Å². The van der Waals surface area contributed by atoms with Crippen molar-refractivity contribution in [2.45, 2.75) is 11.5 Å². The summed E-state index contributed by atoms with van der Waals surface area (Å²) in [5.41, 5.74) is 6.29. The first-order valence-corrected chi connectivity index (χ1v) is 6.53. The van der Waals surface area contributed by atoms with Crippen LogP contribution in [-0.2, 0) is 6.61 Å². The average molecular weight is 254 g/mol. The molecule has 0 aliphatic carbocycles. The second-order valence-corrected chi connectivity index (χ2v) is 4.74. The first-order chi connectivity index (χ1) is 7.78. The van der Waals surface area contributed by atoms with Crippen LogP contribution in [0.3, 0.4) is 0 Å². The van der Waals surface area contributed by atoms with E-state index >= 15 is 0 Å². The van der Waals surface area contributed by atoms with Crippen LogP contribution in [0.15, 0.2) is 23.2 Å². The maximum Gasteiger partial charge on any atom is 0.296 e. The topological polar surface area (TPSA) is 73.9 Å². The molecular formula is C9H10N4OS2. The van der Waals surface area contributed by atoms with Crippen LogP contribution >= 0.6 is 23.1 Å². The van der Waals surface area contributed by atoms with Gasteiger partial charge in [-0.2, -0.15) is 0 Å². The first-order valence-electron chi connectivity index (χ1n) is 4.48. The van der Waals surface area contributed by atoms with Crippen molar-refractivity contribution in [1.29, 1.82) is 0 Å². The van der Waals surface area contributed by atoms with E-state index < -0.39 is 0 Å². The van der Waals surface area contributed by atoms with Crippen LogP contribution in [0.5, 0.6) is 5.19 Å². The molecule has 2 N–H and O–H groups in total. The lowest BCUT2D eigenvalue weighted by molar-refractivity contribution is 0.297. The van der Waals surface area contributed by atoms with Crippen LogP contribution in [0.1, 0.15) is 5.69 Å². The van der Waals surface area contributed by atoms with Gasteiger partial charge in [-0.05, 0) is 29.7 Å². The van der Waals surface area contributed by atoms with Gasteiger partial charge < -0.3 is 10.5 Å². The largest absolute Gasteiger partial charge is 0.462 e. The van der Waals surface area contributed by atoms with Gasteiger partial charge in [0, 0.05) is 11.1 Å². The van der Waals surface area contributed by atoms with E-state index in [2.05, 4.69) is 15.2 Å². The molecule has 2 aromatic heterocycles. The summed E-state index contributed by atoms with van der Waals surface area (Å²) >= 11 is 2.87. The van der Waals surface area contributed by atoms with Crippen LogP contribution in [0.2, 0.25) is 0 Å². The van der Waals surface area contributed by atoms with Gasteiger partial charge in [-0.3, -0.25) is 4.98 Å². The fourth-order valence-corrected chi connectivity index (χ4v) is 1.85. The molecule has 2 aromatic rings. The molecule has 0 saturated carbocycles. The number of thioether (sulfide) groups is 1. The van der Waals surface area contributed by atoms with Crippen LogP contribution in [0.25, 0.3) is 0 Å². The summed E-state index contributed by atoms with van der Waals surface area (Å²) < 4.78 is 5.38. The molecule has 0 bridgehead atoms. The molecule has 0 aliphatic heterocycles. The Bertz CT molecular complexity index is 457. The Kier molecular flexibility index (Phi) is 3.58. The van der Waals surface area contributed by atoms with E-state index in [9.17, 15) is 0 Å². The number of aromatic nitrogens is 3. The monoisotopic (exact) mass is 254 g/mol. The van der Waals surface area contributed by atoms with E-state index in [-0.39, 0.29) is 0 Å². The third kappa shape index (κ3) is 2.83. The number of anilines is 1. The zero-order valence-corrected chi connectivity index (χ0v) is 10.2. The summed E-state index contributed by atoms with van der Waals surface area (Å²) in [6.45, 7) is 0.378. The van der Waals surface area contributed by atoms with Crippen LogP contribution in [0.4, 0.5) is 5.13 Å². The summed E-state index contributed by atoms with van der Waals surface area (Å²) in [5.74, 6) is 0. The van der Waals surface area contributed by atoms with Crippen molar-refractivity contribution in [3.05, 3.63) is 24.0 Å². The van der Waals surface area contributed by atoms with Gasteiger partial charge in [0.1, 0.15) is 6.61 Å². The highest BCUT2D eigenvalue weighted by Gasteiger charge is 2.02. The van der Waals surface area contributed by atoms with Crippen LogP contribution in [-0.4, -0.2) is 21.4 Å². The molecule has 0 fully saturated rings. The molecule has 0 spiro atoms. The van der Waals surface area contributed by atoms with E-state index in [1.54, 1.807) is 11.8 Å². The fraction of sp³-hybridized carbons (Fsp3) is 0.222. The molecule has 16 heavy (non-hydrogen) atoms. The zero-order valence-electron chi connectivity index (χ0n) is 8.58. The fourth-order valence-electron chi connectivity index (χ4n) is 1.03. The Hall–Kier alpha value is -1.34. The molecule has 0 amide bonds. The normalized spacial score (nSPS) is 10.3. The molecule has 0 saturated heterocycles. The minimum atomic E-state index is 0.378. The first kappa shape index (κ1) is 11.2. The molecule has 2 heterocycles. The molecule has 0 unspecified atom stereocenters. The molecule has 0 aliphatic rings. The molecule has 5 nitrogen and oxygen atoms in total. The second-order valence-electron chi connectivity index (χ2n) is 2.88. The lowest BCUT2D eigenvalue weighted by Gasteiger charge is -2.01. The third-order valence-corrected chi connectivity index (χ3v) is 3.18. The maximum absolute atomic E-state index is 5.43. The van der Waals surface area contributed by atoms with Gasteiger partial charge in [0.15, 0.2) is 0 Å². The molecule has 0 atom stereocenters. The Morgan fingerprint density at radius 3 is 2.88 bits per heavy atom. The number of hydrogen-bond acceptors (Lipinski definition) is 7. The SMILES string of the molecule is CSc1ccc(COc2nnc(N)s2)nc1. The Morgan fingerprint density at radius 1 is 1.44 bits per heavy atom. The predicted octanol–water partition coefficient (Wildman–Crippen LogP) is 1.82. The van der Waals surface area contributed by atoms with Crippen molar-refractivity contribution < 1.29 is 4.74 Å². The molecule has 0 aromatic carbocycles. The van der Waals surface area contributed by atoms with Crippen molar-refractivity contribution in [3.63, 3.8) is 0 Å². The standard InChI is InChI=1S/C9H10N4OS2/c1-15-7-3-2-6(11-4-7)5-14-9-13-12-8(10)16-9/h2-4H,5H2,1H3,(H2,10,12). The van der Waals surface area contributed by atoms with E-state index in [0.717, 1.165) is 10.6 Å². The van der Waals surface area contributed by atoms with Crippen molar-refractivity contribution in [3.8, 4) is 5.19 Å². The summed E-state index contributed by atoms with van der Waals surface area (Å²) in [5, 5.41) is 8.28. The number of pyridine rings is 1. The summed E-state index contributed by atoms with van der Waals surface area (Å²) in [7, 11) is 0. The molecule has 2 rings (SSSR count). The highest BCUT2D eigenvalue weighted by molar-refractivity contribution is 7.98. The molecular weight excluding hydrogens is 244 g/mol. The number of nitrogen functional groups attached to an aromatic ring is 1. The third-order valence-electron chi connectivity index (χ3n) is 1.80. The Labute approximate surface area is 101 Å². The minimum absolute atomic E-state index is 0.378. The van der Waals surface area contributed by atoms with Gasteiger partial charge in [0.2, 0.25) is 5.13 Å². The Balaban J connectivity index is 1.94. The lowest BCUT2D eigenvalue weighted by atomic mass is 10.4. The lowest BCUT2D eigenvalue weighted by Crippen LogP contribution is -1.97. The van der Waals surface area contributed by atoms with Gasteiger partial charge >= 0.3 is 0 Å². The summed E-state index contributed by atoms with van der Waals surface area (Å²) in [6, 6.07) is 3.93. The van der Waals surface area contributed by atoms with E-state index in [1.807, 2.05) is 24.6 Å². The summed E-state index contributed by atoms with van der Waals surface area (Å²) in [4.78, 5) is 5.38. The smallest absolute Gasteiger partial charge is 0.296 e. The quantitative estimate of drug-likeness (QED) is 0.839. The molecule has 0 radical (unpaired) electrons. The van der Waals surface area contributed by atoms with Crippen LogP contribution < -0.4 is 10.5 Å². The number of nitrogens with zero attached hydrogens (tertiary/aromatic N) is 3. The van der Waals surface area contributed by atoms with E-state index in [1.165, 1.54) is 11.3 Å². The highest BCUT2D eigenvalue weighted by Crippen LogP contribution is 2.20. The summed E-state index contributed by atoms with van der Waals surface area (Å²) in [6.07, 6.45) is 3.83. The van der Waals surface area contributed by atoms with Crippen molar-refractivity contribution in [2.75, 3.05) is 12.0 Å². The van der Waals surface area contributed by atoms with Gasteiger partial charge in [0.25, 0.3) is 5.19 Å². The van der Waals surface area contributed by atoms with Gasteiger partial charge in [-0.1, -0.05) is 5.10 Å². The van der Waals surface area contributed by atoms with Gasteiger partial charge in [-0.25, -0.2) is 0 Å². The molecule has 84 valence electrons. The number of hydrogen-bond donors (Lipinski definition) is 1. The van der Waals surface area contributed by atoms with Crippen LogP contribution in [0, 0.1) is 0 Å². The molecule has 7 heteroatoms. The number of nitrogens with two attached hydrogens (primary N) is 1. The maximum atomic E-state index is 5.43. The van der Waals surface area contributed by atoms with Crippen molar-refractivity contribution in [1.82, 2.24) is 15.2 Å². The Morgan fingerprint density at radius 2 is 2.31 bits per heavy atom. The number of rotatable bonds is 4. The predicted molar refractivity (Wildman–Crippen MR) is 64.7 cm³/mol. The van der Waals surface area contributed by atoms with E-state index in [0.29, 0.717) is 16.9 Å². The van der Waals surface area contributed by atoms with Crippen molar-refractivity contribution in [2.24, 2.45) is 0 Å². The minimum Gasteiger partial charge on any atom is -0.462 e. The van der Waals surface area contributed by atoms with E-state index in [4.69, 9.17) is 10.5 Å². The zero-order chi connectivity index (χ0) is 11.4. The van der Waals surface area contributed by atoms with Gasteiger partial charge in [-0.15, -0.1) is 16.9 Å². The van der Waals surface area contributed by atoms with Crippen molar-refractivity contribution >= 4 is 28.2 Å². The average Bonchev–Trinajstić information content (AvgIpc) is 2.73. The number of ether oxygens (including phenoxy) is 1. The highest BCUT2D eigenvalue weighted by atomic mass is 32.2. The second kappa shape index (κ2) is 5.13.